The molecule has 0 spiro atoms. The van der Waals surface area contributed by atoms with Crippen LogP contribution in [0.3, 0.4) is 0 Å². The minimum absolute atomic E-state index is 0.665. The lowest BCUT2D eigenvalue weighted by molar-refractivity contribution is 0.149. The second-order valence-corrected chi connectivity index (χ2v) is 4.98. The first-order valence-electron chi connectivity index (χ1n) is 6.90. The number of nitrogens with one attached hydrogen (secondary N) is 1. The van der Waals surface area contributed by atoms with E-state index < -0.39 is 0 Å². The summed E-state index contributed by atoms with van der Waals surface area (Å²) >= 11 is 0. The van der Waals surface area contributed by atoms with Gasteiger partial charge in [0.1, 0.15) is 0 Å². The highest BCUT2D eigenvalue weighted by atomic mass is 16.5. The number of methoxy groups -OCH3 is 1. The molecule has 0 saturated heterocycles. The highest BCUT2D eigenvalue weighted by Crippen LogP contribution is 2.13. The van der Waals surface area contributed by atoms with E-state index in [-0.39, 0.29) is 0 Å². The van der Waals surface area contributed by atoms with Gasteiger partial charge >= 0.3 is 0 Å². The van der Waals surface area contributed by atoms with Crippen LogP contribution in [-0.2, 0) is 4.74 Å². The number of hydrogen-bond acceptors (Lipinski definition) is 2. The second kappa shape index (κ2) is 11.4. The van der Waals surface area contributed by atoms with Gasteiger partial charge in [-0.15, -0.1) is 0 Å². The zero-order chi connectivity index (χ0) is 12.2. The van der Waals surface area contributed by atoms with Crippen molar-refractivity contribution in [2.45, 2.75) is 64.8 Å². The first-order chi connectivity index (χ1) is 7.74. The van der Waals surface area contributed by atoms with E-state index in [1.54, 1.807) is 7.11 Å². The third-order valence-electron chi connectivity index (χ3n) is 3.20. The molecule has 2 atom stereocenters. The molecule has 1 N–H and O–H groups in total. The molecule has 0 aromatic carbocycles. The van der Waals surface area contributed by atoms with E-state index in [1.165, 1.54) is 44.9 Å². The van der Waals surface area contributed by atoms with Gasteiger partial charge in [0, 0.05) is 19.8 Å². The molecular weight excluding hydrogens is 198 g/mol. The molecule has 98 valence electrons. The zero-order valence-electron chi connectivity index (χ0n) is 11.7. The van der Waals surface area contributed by atoms with Crippen LogP contribution < -0.4 is 5.32 Å². The topological polar surface area (TPSA) is 21.3 Å². The van der Waals surface area contributed by atoms with Crippen LogP contribution in [0.4, 0.5) is 0 Å². The molecule has 0 radical (unpaired) electrons. The minimum Gasteiger partial charge on any atom is -0.384 e. The Labute approximate surface area is 102 Å². The monoisotopic (exact) mass is 229 g/mol. The van der Waals surface area contributed by atoms with E-state index in [9.17, 15) is 0 Å². The minimum atomic E-state index is 0.665. The predicted octanol–water partition coefficient (Wildman–Crippen LogP) is 3.61. The maximum Gasteiger partial charge on any atom is 0.0488 e. The summed E-state index contributed by atoms with van der Waals surface area (Å²) in [5.74, 6) is 0.665. The van der Waals surface area contributed by atoms with Gasteiger partial charge in [0.05, 0.1) is 0 Å². The van der Waals surface area contributed by atoms with Crippen LogP contribution in [0.25, 0.3) is 0 Å². The normalized spacial score (nSPS) is 15.0. The fourth-order valence-electron chi connectivity index (χ4n) is 2.21. The standard InChI is InChI=1S/C14H31NO/c1-5-6-7-8-9-10-14(15-3)11-13(2)12-16-4/h13-15H,5-12H2,1-4H3. The first-order valence-corrected chi connectivity index (χ1v) is 6.90. The van der Waals surface area contributed by atoms with Crippen molar-refractivity contribution in [3.05, 3.63) is 0 Å². The van der Waals surface area contributed by atoms with Crippen LogP contribution in [0.15, 0.2) is 0 Å². The molecule has 0 aromatic rings. The average molecular weight is 229 g/mol. The van der Waals surface area contributed by atoms with Gasteiger partial charge < -0.3 is 10.1 Å². The molecule has 0 saturated carbocycles. The molecule has 0 amide bonds. The van der Waals surface area contributed by atoms with Crippen molar-refractivity contribution in [1.82, 2.24) is 5.32 Å². The van der Waals surface area contributed by atoms with Gasteiger partial charge in [-0.25, -0.2) is 0 Å². The van der Waals surface area contributed by atoms with E-state index in [4.69, 9.17) is 4.74 Å². The van der Waals surface area contributed by atoms with Crippen molar-refractivity contribution in [2.75, 3.05) is 20.8 Å². The molecule has 0 aliphatic carbocycles. The van der Waals surface area contributed by atoms with Crippen LogP contribution in [0, 0.1) is 5.92 Å². The van der Waals surface area contributed by atoms with Crippen molar-refractivity contribution in [3.63, 3.8) is 0 Å². The maximum absolute atomic E-state index is 5.18. The molecule has 0 bridgehead atoms. The summed E-state index contributed by atoms with van der Waals surface area (Å²) in [6, 6.07) is 0.673. The van der Waals surface area contributed by atoms with E-state index in [1.807, 2.05) is 0 Å². The Morgan fingerprint density at radius 2 is 1.81 bits per heavy atom. The Hall–Kier alpha value is -0.0800. The molecular formula is C14H31NO. The summed E-state index contributed by atoms with van der Waals surface area (Å²) in [5, 5.41) is 3.43. The van der Waals surface area contributed by atoms with Crippen molar-refractivity contribution in [1.29, 1.82) is 0 Å². The molecule has 0 rings (SSSR count). The van der Waals surface area contributed by atoms with E-state index in [0.717, 1.165) is 6.61 Å². The van der Waals surface area contributed by atoms with Crippen LogP contribution >= 0.6 is 0 Å². The smallest absolute Gasteiger partial charge is 0.0488 e. The fourth-order valence-corrected chi connectivity index (χ4v) is 2.21. The number of unbranched alkanes of at least 4 members (excludes halogenated alkanes) is 4. The summed E-state index contributed by atoms with van der Waals surface area (Å²) < 4.78 is 5.18. The third-order valence-corrected chi connectivity index (χ3v) is 3.20. The molecule has 2 nitrogen and oxygen atoms in total. The predicted molar refractivity (Wildman–Crippen MR) is 71.9 cm³/mol. The molecule has 2 heteroatoms. The van der Waals surface area contributed by atoms with Gasteiger partial charge in [-0.1, -0.05) is 46.0 Å². The van der Waals surface area contributed by atoms with Gasteiger partial charge in [-0.05, 0) is 25.8 Å². The van der Waals surface area contributed by atoms with Gasteiger partial charge in [0.2, 0.25) is 0 Å². The SMILES string of the molecule is CCCCCCCC(CC(C)COC)NC. The molecule has 16 heavy (non-hydrogen) atoms. The lowest BCUT2D eigenvalue weighted by Gasteiger charge is -2.20. The Balaban J connectivity index is 3.50. The van der Waals surface area contributed by atoms with Crippen LogP contribution in [-0.4, -0.2) is 26.8 Å². The quantitative estimate of drug-likeness (QED) is 0.547. The molecule has 0 aliphatic heterocycles. The van der Waals surface area contributed by atoms with Crippen LogP contribution in [0.1, 0.15) is 58.8 Å². The molecule has 0 fully saturated rings. The van der Waals surface area contributed by atoms with Gasteiger partial charge in [-0.2, -0.15) is 0 Å². The van der Waals surface area contributed by atoms with E-state index >= 15 is 0 Å². The molecule has 0 heterocycles. The Bertz CT molecular complexity index is 139. The average Bonchev–Trinajstić information content (AvgIpc) is 2.27. The van der Waals surface area contributed by atoms with Crippen molar-refractivity contribution in [3.8, 4) is 0 Å². The summed E-state index contributed by atoms with van der Waals surface area (Å²) in [6.07, 6.45) is 9.44. The summed E-state index contributed by atoms with van der Waals surface area (Å²) in [7, 11) is 3.87. The Kier molecular flexibility index (Phi) is 11.3. The lowest BCUT2D eigenvalue weighted by Crippen LogP contribution is -2.28. The zero-order valence-corrected chi connectivity index (χ0v) is 11.7. The van der Waals surface area contributed by atoms with Gasteiger partial charge in [0.25, 0.3) is 0 Å². The highest BCUT2D eigenvalue weighted by molar-refractivity contribution is 4.68. The summed E-state index contributed by atoms with van der Waals surface area (Å²) in [5.41, 5.74) is 0. The van der Waals surface area contributed by atoms with Crippen molar-refractivity contribution >= 4 is 0 Å². The maximum atomic E-state index is 5.18. The lowest BCUT2D eigenvalue weighted by atomic mass is 9.97. The Morgan fingerprint density at radius 1 is 1.12 bits per heavy atom. The van der Waals surface area contributed by atoms with E-state index in [2.05, 4.69) is 26.2 Å². The van der Waals surface area contributed by atoms with Crippen LogP contribution in [0.2, 0.25) is 0 Å². The highest BCUT2D eigenvalue weighted by Gasteiger charge is 2.10. The second-order valence-electron chi connectivity index (χ2n) is 4.98. The first kappa shape index (κ1) is 15.9. The van der Waals surface area contributed by atoms with Crippen LogP contribution in [0.5, 0.6) is 0 Å². The van der Waals surface area contributed by atoms with Gasteiger partial charge in [-0.3, -0.25) is 0 Å². The molecule has 0 aromatic heterocycles. The number of ether oxygens (including phenoxy) is 1. The molecule has 0 aliphatic rings. The third kappa shape index (κ3) is 9.17. The Morgan fingerprint density at radius 3 is 2.38 bits per heavy atom. The molecule has 2 unspecified atom stereocenters. The summed E-state index contributed by atoms with van der Waals surface area (Å²) in [4.78, 5) is 0. The van der Waals surface area contributed by atoms with Crippen molar-refractivity contribution in [2.24, 2.45) is 5.92 Å². The van der Waals surface area contributed by atoms with Gasteiger partial charge in [0.15, 0.2) is 0 Å². The van der Waals surface area contributed by atoms with E-state index in [0.29, 0.717) is 12.0 Å². The number of rotatable bonds is 11. The largest absolute Gasteiger partial charge is 0.384 e. The number of hydrogen-bond donors (Lipinski definition) is 1. The summed E-state index contributed by atoms with van der Waals surface area (Å²) in [6.45, 7) is 5.42. The fraction of sp³-hybridized carbons (Fsp3) is 1.00. The van der Waals surface area contributed by atoms with Crippen molar-refractivity contribution < 1.29 is 4.74 Å².